The number of hydrogen-bond donors (Lipinski definition) is 0. The van der Waals surface area contributed by atoms with E-state index in [9.17, 15) is 8.78 Å². The van der Waals surface area contributed by atoms with Crippen LogP contribution in [0.2, 0.25) is 5.15 Å². The number of hydrogen-bond acceptors (Lipinski definition) is 2. The third kappa shape index (κ3) is 2.42. The third-order valence-corrected chi connectivity index (χ3v) is 2.71. The van der Waals surface area contributed by atoms with Crippen molar-refractivity contribution in [1.82, 2.24) is 9.97 Å². The molecule has 0 fully saturated rings. The largest absolute Gasteiger partial charge is 0.236 e. The fourth-order valence-corrected chi connectivity index (χ4v) is 1.91. The minimum absolute atomic E-state index is 0.308. The maximum Gasteiger partial charge on any atom is 0.136 e. The molecule has 2 nitrogen and oxygen atoms in total. The molecule has 0 amide bonds. The van der Waals surface area contributed by atoms with Gasteiger partial charge in [0.2, 0.25) is 0 Å². The first-order valence-corrected chi connectivity index (χ1v) is 5.45. The minimum Gasteiger partial charge on any atom is -0.236 e. The van der Waals surface area contributed by atoms with Gasteiger partial charge in [-0.1, -0.05) is 18.5 Å². The molecule has 0 atom stereocenters. The fraction of sp³-hybridized carbons (Fsp3) is 0.167. The van der Waals surface area contributed by atoms with E-state index in [4.69, 9.17) is 11.6 Å². The molecule has 0 unspecified atom stereocenters. The van der Waals surface area contributed by atoms with Crippen LogP contribution in [0, 0.1) is 11.6 Å². The zero-order valence-corrected chi connectivity index (χ0v) is 9.80. The molecule has 0 radical (unpaired) electrons. The van der Waals surface area contributed by atoms with Gasteiger partial charge in [-0.3, -0.25) is 0 Å². The van der Waals surface area contributed by atoms with E-state index in [-0.39, 0.29) is 0 Å². The molecule has 2 rings (SSSR count). The number of nitrogens with zero attached hydrogens (tertiary/aromatic N) is 2. The Labute approximate surface area is 102 Å². The Morgan fingerprint density at radius 3 is 2.35 bits per heavy atom. The van der Waals surface area contributed by atoms with Crippen molar-refractivity contribution in [3.05, 3.63) is 46.9 Å². The Morgan fingerprint density at radius 2 is 1.76 bits per heavy atom. The molecule has 0 aliphatic carbocycles. The van der Waals surface area contributed by atoms with Crippen molar-refractivity contribution in [2.75, 3.05) is 0 Å². The second-order valence-corrected chi connectivity index (χ2v) is 3.86. The highest BCUT2D eigenvalue weighted by Crippen LogP contribution is 2.27. The van der Waals surface area contributed by atoms with E-state index in [1.165, 1.54) is 18.5 Å². The highest BCUT2D eigenvalue weighted by atomic mass is 35.5. The van der Waals surface area contributed by atoms with Gasteiger partial charge in [-0.2, -0.15) is 0 Å². The molecule has 1 aromatic carbocycles. The van der Waals surface area contributed by atoms with Crippen molar-refractivity contribution in [1.29, 1.82) is 0 Å². The Bertz CT molecular complexity index is 538. The molecule has 2 aromatic rings. The van der Waals surface area contributed by atoms with Crippen molar-refractivity contribution in [3.63, 3.8) is 0 Å². The normalized spacial score (nSPS) is 10.6. The van der Waals surface area contributed by atoms with Gasteiger partial charge in [0, 0.05) is 17.2 Å². The average Bonchev–Trinajstić information content (AvgIpc) is 2.27. The lowest BCUT2D eigenvalue weighted by Gasteiger charge is -2.08. The minimum atomic E-state index is -0.642. The topological polar surface area (TPSA) is 25.8 Å². The van der Waals surface area contributed by atoms with E-state index >= 15 is 0 Å². The van der Waals surface area contributed by atoms with Crippen molar-refractivity contribution in [2.24, 2.45) is 0 Å². The monoisotopic (exact) mass is 254 g/mol. The summed E-state index contributed by atoms with van der Waals surface area (Å²) in [5.41, 5.74) is 1.51. The third-order valence-electron chi connectivity index (χ3n) is 2.38. The van der Waals surface area contributed by atoms with E-state index in [0.29, 0.717) is 28.4 Å². The summed E-state index contributed by atoms with van der Waals surface area (Å²) in [4.78, 5) is 7.88. The van der Waals surface area contributed by atoms with Crippen LogP contribution in [0.25, 0.3) is 11.3 Å². The molecule has 17 heavy (non-hydrogen) atoms. The first kappa shape index (κ1) is 11.9. The predicted octanol–water partition coefficient (Wildman–Crippen LogP) is 3.64. The number of halogens is 3. The zero-order chi connectivity index (χ0) is 12.4. The predicted molar refractivity (Wildman–Crippen MR) is 61.8 cm³/mol. The molecule has 0 spiro atoms. The van der Waals surface area contributed by atoms with Gasteiger partial charge >= 0.3 is 0 Å². The summed E-state index contributed by atoms with van der Waals surface area (Å²) in [7, 11) is 0. The van der Waals surface area contributed by atoms with Gasteiger partial charge in [0.05, 0.1) is 5.69 Å². The number of benzene rings is 1. The van der Waals surface area contributed by atoms with E-state index in [2.05, 4.69) is 9.97 Å². The van der Waals surface area contributed by atoms with Gasteiger partial charge < -0.3 is 0 Å². The molecule has 88 valence electrons. The summed E-state index contributed by atoms with van der Waals surface area (Å²) in [6.45, 7) is 1.88. The summed E-state index contributed by atoms with van der Waals surface area (Å²) in [6.07, 6.45) is 1.87. The SMILES string of the molecule is CCc1c(Cl)ncnc1-c1cc(F)cc(F)c1. The van der Waals surface area contributed by atoms with E-state index < -0.39 is 11.6 Å². The quantitative estimate of drug-likeness (QED) is 0.765. The summed E-state index contributed by atoms with van der Waals surface area (Å²) in [5, 5.41) is 0.308. The lowest BCUT2D eigenvalue weighted by Crippen LogP contribution is -1.96. The van der Waals surface area contributed by atoms with Gasteiger partial charge in [-0.05, 0) is 18.6 Å². The average molecular weight is 255 g/mol. The lowest BCUT2D eigenvalue weighted by atomic mass is 10.1. The molecule has 0 bridgehead atoms. The molecule has 1 heterocycles. The Balaban J connectivity index is 2.63. The van der Waals surface area contributed by atoms with E-state index in [1.54, 1.807) is 0 Å². The van der Waals surface area contributed by atoms with Crippen LogP contribution in [0.5, 0.6) is 0 Å². The molecule has 0 saturated carbocycles. The summed E-state index contributed by atoms with van der Waals surface area (Å²) < 4.78 is 26.3. The van der Waals surface area contributed by atoms with Gasteiger partial charge in [0.15, 0.2) is 0 Å². The Hall–Kier alpha value is -1.55. The van der Waals surface area contributed by atoms with Gasteiger partial charge in [0.1, 0.15) is 23.1 Å². The van der Waals surface area contributed by atoms with Gasteiger partial charge in [-0.15, -0.1) is 0 Å². The number of rotatable bonds is 2. The van der Waals surface area contributed by atoms with Crippen LogP contribution in [-0.2, 0) is 6.42 Å². The van der Waals surface area contributed by atoms with Gasteiger partial charge in [-0.25, -0.2) is 18.7 Å². The molecule has 0 aliphatic rings. The van der Waals surface area contributed by atoms with Crippen LogP contribution >= 0.6 is 11.6 Å². The molecule has 0 aliphatic heterocycles. The van der Waals surface area contributed by atoms with Crippen LogP contribution in [0.4, 0.5) is 8.78 Å². The highest BCUT2D eigenvalue weighted by Gasteiger charge is 2.11. The van der Waals surface area contributed by atoms with Crippen LogP contribution in [0.1, 0.15) is 12.5 Å². The summed E-state index contributed by atoms with van der Waals surface area (Å²) in [5.74, 6) is -1.28. The van der Waals surface area contributed by atoms with Crippen molar-refractivity contribution in [3.8, 4) is 11.3 Å². The molecule has 0 saturated heterocycles. The van der Waals surface area contributed by atoms with E-state index in [0.717, 1.165) is 6.07 Å². The smallest absolute Gasteiger partial charge is 0.136 e. The number of aromatic nitrogens is 2. The molecular formula is C12H9ClF2N2. The summed E-state index contributed by atoms with van der Waals surface area (Å²) in [6, 6.07) is 3.26. The van der Waals surface area contributed by atoms with Crippen LogP contribution in [0.15, 0.2) is 24.5 Å². The molecule has 1 aromatic heterocycles. The lowest BCUT2D eigenvalue weighted by molar-refractivity contribution is 0.584. The highest BCUT2D eigenvalue weighted by molar-refractivity contribution is 6.30. The summed E-state index contributed by atoms with van der Waals surface area (Å²) >= 11 is 5.92. The van der Waals surface area contributed by atoms with Gasteiger partial charge in [0.25, 0.3) is 0 Å². The van der Waals surface area contributed by atoms with Crippen molar-refractivity contribution >= 4 is 11.6 Å². The van der Waals surface area contributed by atoms with Crippen molar-refractivity contribution in [2.45, 2.75) is 13.3 Å². The van der Waals surface area contributed by atoms with Crippen LogP contribution < -0.4 is 0 Å². The second kappa shape index (κ2) is 4.75. The first-order chi connectivity index (χ1) is 8.11. The second-order valence-electron chi connectivity index (χ2n) is 3.50. The standard InChI is InChI=1S/C12H9ClF2N2/c1-2-10-11(16-6-17-12(10)13)7-3-8(14)5-9(15)4-7/h3-6H,2H2,1H3. The van der Waals surface area contributed by atoms with E-state index in [1.807, 2.05) is 6.92 Å². The zero-order valence-electron chi connectivity index (χ0n) is 9.04. The maximum absolute atomic E-state index is 13.1. The Kier molecular flexibility index (Phi) is 3.33. The van der Waals surface area contributed by atoms with Crippen LogP contribution in [0.3, 0.4) is 0 Å². The molecular weight excluding hydrogens is 246 g/mol. The molecule has 0 N–H and O–H groups in total. The molecule has 5 heteroatoms. The van der Waals surface area contributed by atoms with Crippen molar-refractivity contribution < 1.29 is 8.78 Å². The first-order valence-electron chi connectivity index (χ1n) is 5.07. The fourth-order valence-electron chi connectivity index (χ4n) is 1.64. The maximum atomic E-state index is 13.1. The van der Waals surface area contributed by atoms with Crippen LogP contribution in [-0.4, -0.2) is 9.97 Å². The Morgan fingerprint density at radius 1 is 1.12 bits per heavy atom.